The number of aliphatic carboxylic acids is 1. The molecule has 0 aliphatic carbocycles. The summed E-state index contributed by atoms with van der Waals surface area (Å²) in [6.45, 7) is 2.86. The standard InChI is InChI=1S/C16H21NO4S/c1-2-3-12-4-6-14(7-5-12)22(20,21)15-11-17-9-8-13(15)10-16(18)19/h2-7,13,15,17H,8-11H2,1H3,(H,18,19)/b3-2-. The van der Waals surface area contributed by atoms with Crippen molar-refractivity contribution in [2.75, 3.05) is 13.1 Å². The zero-order chi connectivity index (χ0) is 16.2. The van der Waals surface area contributed by atoms with Crippen LogP contribution < -0.4 is 5.32 Å². The van der Waals surface area contributed by atoms with E-state index in [4.69, 9.17) is 5.11 Å². The lowest BCUT2D eigenvalue weighted by Gasteiger charge is -2.30. The zero-order valence-corrected chi connectivity index (χ0v) is 13.3. The highest BCUT2D eigenvalue weighted by atomic mass is 32.2. The molecule has 2 atom stereocenters. The van der Waals surface area contributed by atoms with E-state index >= 15 is 0 Å². The van der Waals surface area contributed by atoms with Crippen molar-refractivity contribution in [3.63, 3.8) is 0 Å². The van der Waals surface area contributed by atoms with Gasteiger partial charge < -0.3 is 10.4 Å². The Bertz CT molecular complexity index is 649. The zero-order valence-electron chi connectivity index (χ0n) is 12.5. The smallest absolute Gasteiger partial charge is 0.303 e. The number of piperidine rings is 1. The van der Waals surface area contributed by atoms with Crippen LogP contribution in [0.4, 0.5) is 0 Å². The first-order valence-electron chi connectivity index (χ1n) is 7.34. The lowest BCUT2D eigenvalue weighted by atomic mass is 9.94. The molecule has 2 rings (SSSR count). The van der Waals surface area contributed by atoms with Gasteiger partial charge in [-0.3, -0.25) is 4.79 Å². The fourth-order valence-electron chi connectivity index (χ4n) is 2.84. The highest BCUT2D eigenvalue weighted by molar-refractivity contribution is 7.92. The topological polar surface area (TPSA) is 83.5 Å². The highest BCUT2D eigenvalue weighted by Gasteiger charge is 2.37. The fourth-order valence-corrected chi connectivity index (χ4v) is 4.78. The molecule has 0 aromatic heterocycles. The predicted molar refractivity (Wildman–Crippen MR) is 85.4 cm³/mol. The van der Waals surface area contributed by atoms with Gasteiger partial charge in [-0.1, -0.05) is 24.3 Å². The molecule has 1 fully saturated rings. The molecule has 0 amide bonds. The van der Waals surface area contributed by atoms with Crippen LogP contribution >= 0.6 is 0 Å². The number of allylic oxidation sites excluding steroid dienone is 1. The summed E-state index contributed by atoms with van der Waals surface area (Å²) < 4.78 is 25.6. The molecule has 120 valence electrons. The van der Waals surface area contributed by atoms with Gasteiger partial charge in [-0.15, -0.1) is 0 Å². The van der Waals surface area contributed by atoms with E-state index < -0.39 is 21.1 Å². The molecule has 0 spiro atoms. The number of sulfone groups is 1. The van der Waals surface area contributed by atoms with Gasteiger partial charge in [0.1, 0.15) is 0 Å². The van der Waals surface area contributed by atoms with Crippen LogP contribution in [0.3, 0.4) is 0 Å². The second-order valence-electron chi connectivity index (χ2n) is 5.50. The highest BCUT2D eigenvalue weighted by Crippen LogP contribution is 2.28. The van der Waals surface area contributed by atoms with Crippen molar-refractivity contribution < 1.29 is 18.3 Å². The first kappa shape index (κ1) is 16.7. The minimum Gasteiger partial charge on any atom is -0.481 e. The number of hydrogen-bond acceptors (Lipinski definition) is 4. The summed E-state index contributed by atoms with van der Waals surface area (Å²) in [5.74, 6) is -1.30. The second kappa shape index (κ2) is 7.07. The lowest BCUT2D eigenvalue weighted by Crippen LogP contribution is -2.45. The Morgan fingerprint density at radius 3 is 2.64 bits per heavy atom. The molecule has 6 heteroatoms. The Morgan fingerprint density at radius 1 is 1.36 bits per heavy atom. The maximum atomic E-state index is 12.8. The van der Waals surface area contributed by atoms with Crippen LogP contribution in [-0.2, 0) is 14.6 Å². The SMILES string of the molecule is C/C=C\c1ccc(S(=O)(=O)C2CNCCC2CC(=O)O)cc1. The van der Waals surface area contributed by atoms with Crippen molar-refractivity contribution in [1.82, 2.24) is 5.32 Å². The molecular formula is C16H21NO4S. The summed E-state index contributed by atoms with van der Waals surface area (Å²) in [4.78, 5) is 11.2. The number of carboxylic acids is 1. The van der Waals surface area contributed by atoms with Crippen LogP contribution in [0.15, 0.2) is 35.2 Å². The Morgan fingerprint density at radius 2 is 2.05 bits per heavy atom. The Balaban J connectivity index is 2.28. The van der Waals surface area contributed by atoms with Crippen LogP contribution in [0.5, 0.6) is 0 Å². The molecule has 0 saturated carbocycles. The maximum Gasteiger partial charge on any atom is 0.303 e. The van der Waals surface area contributed by atoms with Crippen LogP contribution in [0.25, 0.3) is 6.08 Å². The van der Waals surface area contributed by atoms with E-state index in [1.54, 1.807) is 24.3 Å². The third-order valence-electron chi connectivity index (χ3n) is 3.97. The van der Waals surface area contributed by atoms with Crippen LogP contribution in [-0.4, -0.2) is 37.8 Å². The van der Waals surface area contributed by atoms with Gasteiger partial charge in [-0.25, -0.2) is 8.42 Å². The molecule has 1 saturated heterocycles. The van der Waals surface area contributed by atoms with Crippen molar-refractivity contribution in [2.24, 2.45) is 5.92 Å². The van der Waals surface area contributed by atoms with E-state index in [2.05, 4.69) is 5.32 Å². The van der Waals surface area contributed by atoms with Gasteiger partial charge in [-0.05, 0) is 43.5 Å². The van der Waals surface area contributed by atoms with E-state index in [0.29, 0.717) is 19.5 Å². The molecule has 2 N–H and O–H groups in total. The Kier molecular flexibility index (Phi) is 5.37. The van der Waals surface area contributed by atoms with Crippen LogP contribution in [0.1, 0.15) is 25.3 Å². The number of carbonyl (C=O) groups is 1. The predicted octanol–water partition coefficient (Wildman–Crippen LogP) is 1.95. The molecule has 1 aromatic rings. The molecule has 0 bridgehead atoms. The van der Waals surface area contributed by atoms with Gasteiger partial charge in [0.15, 0.2) is 9.84 Å². The van der Waals surface area contributed by atoms with E-state index in [0.717, 1.165) is 5.56 Å². The number of nitrogens with one attached hydrogen (secondary N) is 1. The third kappa shape index (κ3) is 3.75. The molecule has 1 aliphatic rings. The molecular weight excluding hydrogens is 302 g/mol. The second-order valence-corrected chi connectivity index (χ2v) is 7.67. The molecule has 5 nitrogen and oxygen atoms in total. The molecule has 0 radical (unpaired) electrons. The minimum atomic E-state index is -3.54. The Labute approximate surface area is 131 Å². The van der Waals surface area contributed by atoms with E-state index in [1.165, 1.54) is 0 Å². The first-order chi connectivity index (χ1) is 10.4. The monoisotopic (exact) mass is 323 g/mol. The van der Waals surface area contributed by atoms with Crippen LogP contribution in [0.2, 0.25) is 0 Å². The largest absolute Gasteiger partial charge is 0.481 e. The summed E-state index contributed by atoms with van der Waals surface area (Å²) in [5.41, 5.74) is 0.935. The first-order valence-corrected chi connectivity index (χ1v) is 8.89. The number of rotatable bonds is 5. The van der Waals surface area contributed by atoms with Gasteiger partial charge in [-0.2, -0.15) is 0 Å². The molecule has 1 aliphatic heterocycles. The minimum absolute atomic E-state index is 0.109. The summed E-state index contributed by atoms with van der Waals surface area (Å²) in [6, 6.07) is 6.71. The molecule has 2 unspecified atom stereocenters. The summed E-state index contributed by atoms with van der Waals surface area (Å²) in [6.07, 6.45) is 4.23. The van der Waals surface area contributed by atoms with Gasteiger partial charge in [0, 0.05) is 13.0 Å². The number of hydrogen-bond donors (Lipinski definition) is 2. The third-order valence-corrected chi connectivity index (χ3v) is 6.24. The van der Waals surface area contributed by atoms with Crippen molar-refractivity contribution in [2.45, 2.75) is 29.9 Å². The maximum absolute atomic E-state index is 12.8. The number of carboxylic acid groups (broad SMARTS) is 1. The van der Waals surface area contributed by atoms with E-state index in [1.807, 2.05) is 19.1 Å². The summed E-state index contributed by atoms with van der Waals surface area (Å²) in [5, 5.41) is 11.4. The number of benzene rings is 1. The van der Waals surface area contributed by atoms with E-state index in [-0.39, 0.29) is 17.2 Å². The van der Waals surface area contributed by atoms with Crippen molar-refractivity contribution in [3.8, 4) is 0 Å². The van der Waals surface area contributed by atoms with Crippen molar-refractivity contribution in [3.05, 3.63) is 35.9 Å². The van der Waals surface area contributed by atoms with Crippen molar-refractivity contribution in [1.29, 1.82) is 0 Å². The lowest BCUT2D eigenvalue weighted by molar-refractivity contribution is -0.138. The van der Waals surface area contributed by atoms with E-state index in [9.17, 15) is 13.2 Å². The van der Waals surface area contributed by atoms with Gasteiger partial charge >= 0.3 is 5.97 Å². The van der Waals surface area contributed by atoms with Gasteiger partial charge in [0.2, 0.25) is 0 Å². The molecule has 1 heterocycles. The normalized spacial score (nSPS) is 22.8. The quantitative estimate of drug-likeness (QED) is 0.865. The van der Waals surface area contributed by atoms with Crippen molar-refractivity contribution >= 4 is 21.9 Å². The average molecular weight is 323 g/mol. The summed E-state index contributed by atoms with van der Waals surface area (Å²) >= 11 is 0. The average Bonchev–Trinajstić information content (AvgIpc) is 2.48. The molecule has 1 aromatic carbocycles. The Hall–Kier alpha value is -1.66. The molecule has 22 heavy (non-hydrogen) atoms. The fraction of sp³-hybridized carbons (Fsp3) is 0.438. The van der Waals surface area contributed by atoms with Crippen LogP contribution in [0, 0.1) is 5.92 Å². The summed E-state index contributed by atoms with van der Waals surface area (Å²) in [7, 11) is -3.54. The van der Waals surface area contributed by atoms with Gasteiger partial charge in [0.25, 0.3) is 0 Å². The van der Waals surface area contributed by atoms with Gasteiger partial charge in [0.05, 0.1) is 10.1 Å².